The topological polar surface area (TPSA) is 84.7 Å². The Bertz CT molecular complexity index is 1040. The van der Waals surface area contributed by atoms with Gasteiger partial charge in [0.25, 0.3) is 5.56 Å². The Kier molecular flexibility index (Phi) is 5.36. The average Bonchev–Trinajstić information content (AvgIpc) is 3.00. The van der Waals surface area contributed by atoms with E-state index in [0.29, 0.717) is 42.4 Å². The first-order chi connectivity index (χ1) is 14.3. The van der Waals surface area contributed by atoms with Crippen molar-refractivity contribution in [3.8, 4) is 0 Å². The van der Waals surface area contributed by atoms with Crippen molar-refractivity contribution < 1.29 is 14.3 Å². The molecule has 8 heteroatoms. The van der Waals surface area contributed by atoms with Crippen molar-refractivity contribution in [1.82, 2.24) is 19.6 Å². The van der Waals surface area contributed by atoms with E-state index in [2.05, 4.69) is 5.10 Å². The van der Waals surface area contributed by atoms with E-state index in [1.807, 2.05) is 37.2 Å². The molecule has 3 heterocycles. The molecule has 0 N–H and O–H groups in total. The number of aromatic nitrogens is 2. The van der Waals surface area contributed by atoms with Crippen molar-refractivity contribution in [3.63, 3.8) is 0 Å². The highest BCUT2D eigenvalue weighted by molar-refractivity contribution is 5.88. The Morgan fingerprint density at radius 3 is 2.53 bits per heavy atom. The van der Waals surface area contributed by atoms with Crippen LogP contribution in [0.3, 0.4) is 0 Å². The van der Waals surface area contributed by atoms with Crippen LogP contribution >= 0.6 is 0 Å². The predicted molar refractivity (Wildman–Crippen MR) is 112 cm³/mol. The van der Waals surface area contributed by atoms with Gasteiger partial charge in [0.15, 0.2) is 0 Å². The third-order valence-electron chi connectivity index (χ3n) is 6.32. The number of likely N-dealkylation sites (tertiary alicyclic amines) is 1. The van der Waals surface area contributed by atoms with E-state index in [1.165, 1.54) is 4.68 Å². The lowest BCUT2D eigenvalue weighted by Crippen LogP contribution is -2.45. The molecule has 1 aromatic carbocycles. The van der Waals surface area contributed by atoms with E-state index in [1.54, 1.807) is 18.0 Å². The second-order valence-electron chi connectivity index (χ2n) is 8.75. The number of hydrogen-bond donors (Lipinski definition) is 0. The van der Waals surface area contributed by atoms with Gasteiger partial charge in [-0.05, 0) is 33.0 Å². The summed E-state index contributed by atoms with van der Waals surface area (Å²) in [6.07, 6.45) is 2.04. The molecule has 2 aliphatic heterocycles. The maximum Gasteiger partial charge on any atom is 0.312 e. The molecule has 1 spiro atoms. The minimum Gasteiger partial charge on any atom is -0.461 e. The Hall–Kier alpha value is -2.74. The third-order valence-corrected chi connectivity index (χ3v) is 6.32. The lowest BCUT2D eigenvalue weighted by atomic mass is 9.76. The van der Waals surface area contributed by atoms with Gasteiger partial charge in [0.1, 0.15) is 6.10 Å². The summed E-state index contributed by atoms with van der Waals surface area (Å²) in [5.74, 6) is -0.149. The van der Waals surface area contributed by atoms with Gasteiger partial charge in [-0.1, -0.05) is 18.2 Å². The minimum atomic E-state index is -0.459. The number of rotatable bonds is 4. The van der Waals surface area contributed by atoms with Crippen LogP contribution in [0.25, 0.3) is 10.8 Å². The van der Waals surface area contributed by atoms with Gasteiger partial charge in [0.2, 0.25) is 5.91 Å². The van der Waals surface area contributed by atoms with E-state index in [4.69, 9.17) is 4.74 Å². The second kappa shape index (κ2) is 7.83. The molecule has 0 radical (unpaired) electrons. The molecule has 1 amide bonds. The summed E-state index contributed by atoms with van der Waals surface area (Å²) in [7, 11) is 5.54. The van der Waals surface area contributed by atoms with E-state index < -0.39 is 5.41 Å². The van der Waals surface area contributed by atoms with Crippen LogP contribution in [0.5, 0.6) is 0 Å². The zero-order chi connectivity index (χ0) is 21.5. The number of fused-ring (bicyclic) bond motifs is 1. The fourth-order valence-corrected chi connectivity index (χ4v) is 4.70. The number of aryl methyl sites for hydroxylation is 1. The molecule has 1 atom stereocenters. The van der Waals surface area contributed by atoms with Crippen molar-refractivity contribution in [1.29, 1.82) is 0 Å². The first-order valence-electron chi connectivity index (χ1n) is 10.4. The monoisotopic (exact) mass is 412 g/mol. The summed E-state index contributed by atoms with van der Waals surface area (Å²) >= 11 is 0. The molecular formula is C22H28N4O4. The fourth-order valence-electron chi connectivity index (χ4n) is 4.70. The molecule has 1 unspecified atom stereocenters. The van der Waals surface area contributed by atoms with Gasteiger partial charge in [-0.3, -0.25) is 14.4 Å². The van der Waals surface area contributed by atoms with Gasteiger partial charge in [-0.25, -0.2) is 4.68 Å². The van der Waals surface area contributed by atoms with Gasteiger partial charge >= 0.3 is 5.97 Å². The van der Waals surface area contributed by atoms with Crippen molar-refractivity contribution in [2.75, 3.05) is 33.7 Å². The van der Waals surface area contributed by atoms with Gasteiger partial charge in [0.05, 0.1) is 22.9 Å². The molecule has 0 aliphatic carbocycles. The number of hydrogen-bond acceptors (Lipinski definition) is 6. The first kappa shape index (κ1) is 20.5. The van der Waals surface area contributed by atoms with Crippen LogP contribution in [-0.2, 0) is 27.8 Å². The number of esters is 1. The molecule has 160 valence electrons. The van der Waals surface area contributed by atoms with Crippen molar-refractivity contribution >= 4 is 22.6 Å². The number of ether oxygens (including phenoxy) is 1. The maximum absolute atomic E-state index is 13.0. The summed E-state index contributed by atoms with van der Waals surface area (Å²) in [5.41, 5.74) is -0.0305. The van der Waals surface area contributed by atoms with Crippen LogP contribution in [0.15, 0.2) is 29.1 Å². The number of likely N-dealkylation sites (N-methyl/N-ethyl adjacent to an activating group) is 1. The van der Waals surface area contributed by atoms with Crippen LogP contribution in [-0.4, -0.2) is 71.3 Å². The number of piperidine rings is 1. The van der Waals surface area contributed by atoms with E-state index in [9.17, 15) is 14.4 Å². The number of benzene rings is 1. The largest absolute Gasteiger partial charge is 0.461 e. The maximum atomic E-state index is 13.0. The quantitative estimate of drug-likeness (QED) is 0.696. The molecule has 2 aliphatic rings. The normalized spacial score (nSPS) is 20.9. The smallest absolute Gasteiger partial charge is 0.312 e. The average molecular weight is 412 g/mol. The molecule has 2 fully saturated rings. The van der Waals surface area contributed by atoms with E-state index >= 15 is 0 Å². The number of amides is 1. The summed E-state index contributed by atoms with van der Waals surface area (Å²) < 4.78 is 6.89. The Balaban J connectivity index is 1.45. The zero-order valence-corrected chi connectivity index (χ0v) is 17.8. The van der Waals surface area contributed by atoms with Gasteiger partial charge in [0, 0.05) is 38.5 Å². The molecule has 30 heavy (non-hydrogen) atoms. The molecule has 4 rings (SSSR count). The van der Waals surface area contributed by atoms with Crippen LogP contribution in [0.4, 0.5) is 0 Å². The molecular weight excluding hydrogens is 384 g/mol. The molecule has 0 bridgehead atoms. The molecule has 2 aromatic rings. The number of cyclic esters (lactones) is 1. The SMILES string of the molecule is CN(C)CC1CC2(CCN(C(=O)Cc3nn(C)c(=O)c4ccccc34)CC2)C(=O)O1. The summed E-state index contributed by atoms with van der Waals surface area (Å²) in [6, 6.07) is 7.24. The van der Waals surface area contributed by atoms with Crippen molar-refractivity contribution in [2.45, 2.75) is 31.8 Å². The van der Waals surface area contributed by atoms with Crippen LogP contribution in [0, 0.1) is 5.41 Å². The Morgan fingerprint density at radius 1 is 1.20 bits per heavy atom. The van der Waals surface area contributed by atoms with Crippen molar-refractivity contribution in [2.24, 2.45) is 12.5 Å². The molecule has 8 nitrogen and oxygen atoms in total. The number of nitrogens with zero attached hydrogens (tertiary/aromatic N) is 4. The summed E-state index contributed by atoms with van der Waals surface area (Å²) in [5, 5.41) is 5.62. The highest BCUT2D eigenvalue weighted by Crippen LogP contribution is 2.43. The summed E-state index contributed by atoms with van der Waals surface area (Å²) in [4.78, 5) is 41.6. The third kappa shape index (κ3) is 3.71. The fraction of sp³-hybridized carbons (Fsp3) is 0.545. The number of carbonyl (C=O) groups is 2. The second-order valence-corrected chi connectivity index (χ2v) is 8.75. The predicted octanol–water partition coefficient (Wildman–Crippen LogP) is 0.962. The lowest BCUT2D eigenvalue weighted by Gasteiger charge is -2.36. The van der Waals surface area contributed by atoms with E-state index in [-0.39, 0.29) is 30.0 Å². The minimum absolute atomic E-state index is 0.0302. The number of carbonyl (C=O) groups excluding carboxylic acids is 2. The first-order valence-corrected chi connectivity index (χ1v) is 10.4. The molecule has 0 saturated carbocycles. The molecule has 2 saturated heterocycles. The van der Waals surface area contributed by atoms with E-state index in [0.717, 1.165) is 13.0 Å². The highest BCUT2D eigenvalue weighted by atomic mass is 16.6. The molecule has 1 aromatic heterocycles. The zero-order valence-electron chi connectivity index (χ0n) is 17.8. The Morgan fingerprint density at radius 2 is 1.87 bits per heavy atom. The van der Waals surface area contributed by atoms with Crippen LogP contribution in [0.1, 0.15) is 25.0 Å². The standard InChI is InChI=1S/C22H28N4O4/c1-24(2)14-15-13-22(21(29)30-15)8-10-26(11-9-22)19(27)12-18-16-6-4-5-7-17(16)20(28)25(3)23-18/h4-7,15H,8-14H2,1-3H3. The summed E-state index contributed by atoms with van der Waals surface area (Å²) in [6.45, 7) is 1.79. The lowest BCUT2D eigenvalue weighted by molar-refractivity contribution is -0.152. The Labute approximate surface area is 175 Å². The van der Waals surface area contributed by atoms with Gasteiger partial charge in [-0.2, -0.15) is 5.10 Å². The van der Waals surface area contributed by atoms with Gasteiger partial charge < -0.3 is 14.5 Å². The van der Waals surface area contributed by atoms with Crippen LogP contribution < -0.4 is 5.56 Å². The highest BCUT2D eigenvalue weighted by Gasteiger charge is 2.50. The van der Waals surface area contributed by atoms with Gasteiger partial charge in [-0.15, -0.1) is 0 Å². The van der Waals surface area contributed by atoms with Crippen molar-refractivity contribution in [3.05, 3.63) is 40.3 Å². The van der Waals surface area contributed by atoms with Crippen LogP contribution in [0.2, 0.25) is 0 Å².